The Morgan fingerprint density at radius 2 is 1.85 bits per heavy atom. The van der Waals surface area contributed by atoms with Gasteiger partial charge in [-0.05, 0) is 68.2 Å². The number of hydrogen-bond acceptors (Lipinski definition) is 3. The van der Waals surface area contributed by atoms with Crippen LogP contribution >= 0.6 is 0 Å². The number of rotatable bonds is 2. The highest BCUT2D eigenvalue weighted by molar-refractivity contribution is 5.94. The van der Waals surface area contributed by atoms with Gasteiger partial charge in [-0.3, -0.25) is 4.79 Å². The summed E-state index contributed by atoms with van der Waals surface area (Å²) in [5, 5.41) is 9.07. The Hall–Kier alpha value is -2.64. The van der Waals surface area contributed by atoms with Crippen molar-refractivity contribution < 1.29 is 4.79 Å². The third kappa shape index (κ3) is 3.61. The first-order chi connectivity index (χ1) is 13.1. The molecule has 1 amide bonds. The highest BCUT2D eigenvalue weighted by Gasteiger charge is 2.41. The van der Waals surface area contributed by atoms with E-state index in [0.29, 0.717) is 11.0 Å². The first-order valence-electron chi connectivity index (χ1n) is 9.67. The van der Waals surface area contributed by atoms with E-state index in [0.717, 1.165) is 49.3 Å². The van der Waals surface area contributed by atoms with Gasteiger partial charge < -0.3 is 9.80 Å². The predicted molar refractivity (Wildman–Crippen MR) is 106 cm³/mol. The van der Waals surface area contributed by atoms with Crippen LogP contribution in [0.25, 0.3) is 11.1 Å². The van der Waals surface area contributed by atoms with Crippen LogP contribution in [0, 0.1) is 16.7 Å². The van der Waals surface area contributed by atoms with E-state index in [1.165, 1.54) is 12.8 Å². The summed E-state index contributed by atoms with van der Waals surface area (Å²) >= 11 is 0. The lowest BCUT2D eigenvalue weighted by atomic mass is 9.79. The molecule has 2 aromatic rings. The van der Waals surface area contributed by atoms with Gasteiger partial charge >= 0.3 is 0 Å². The molecular weight excluding hydrogens is 334 g/mol. The number of benzene rings is 2. The number of carbonyl (C=O) groups is 1. The first-order valence-corrected chi connectivity index (χ1v) is 9.67. The lowest BCUT2D eigenvalue weighted by Gasteiger charge is -2.40. The molecule has 0 aromatic heterocycles. The van der Waals surface area contributed by atoms with Crippen molar-refractivity contribution in [1.29, 1.82) is 5.26 Å². The third-order valence-electron chi connectivity index (χ3n) is 6.03. The summed E-state index contributed by atoms with van der Waals surface area (Å²) in [7, 11) is 2.18. The molecule has 2 aliphatic rings. The van der Waals surface area contributed by atoms with Crippen molar-refractivity contribution in [1.82, 2.24) is 9.80 Å². The van der Waals surface area contributed by atoms with Crippen LogP contribution in [0.2, 0.25) is 0 Å². The van der Waals surface area contributed by atoms with Gasteiger partial charge in [-0.25, -0.2) is 0 Å². The first kappa shape index (κ1) is 17.8. The Morgan fingerprint density at radius 3 is 2.56 bits per heavy atom. The van der Waals surface area contributed by atoms with E-state index in [9.17, 15) is 4.79 Å². The molecule has 0 aliphatic carbocycles. The molecule has 0 unspecified atom stereocenters. The summed E-state index contributed by atoms with van der Waals surface area (Å²) in [6.07, 6.45) is 3.52. The summed E-state index contributed by atoms with van der Waals surface area (Å²) in [5.41, 5.74) is 3.71. The van der Waals surface area contributed by atoms with Gasteiger partial charge in [0.15, 0.2) is 0 Å². The summed E-state index contributed by atoms with van der Waals surface area (Å²) in [5.74, 6) is 0.140. The second-order valence-electron chi connectivity index (χ2n) is 8.09. The van der Waals surface area contributed by atoms with Gasteiger partial charge in [0.1, 0.15) is 0 Å². The average molecular weight is 359 g/mol. The van der Waals surface area contributed by atoms with Crippen LogP contribution in [-0.4, -0.2) is 48.9 Å². The van der Waals surface area contributed by atoms with E-state index in [4.69, 9.17) is 5.26 Å². The van der Waals surface area contributed by atoms with E-state index >= 15 is 0 Å². The minimum Gasteiger partial charge on any atom is -0.338 e. The molecule has 138 valence electrons. The van der Waals surface area contributed by atoms with E-state index in [1.807, 2.05) is 47.4 Å². The number of amides is 1. The zero-order valence-corrected chi connectivity index (χ0v) is 15.8. The molecule has 0 saturated carbocycles. The van der Waals surface area contributed by atoms with Crippen molar-refractivity contribution >= 4 is 5.91 Å². The summed E-state index contributed by atoms with van der Waals surface area (Å²) in [6, 6.07) is 17.5. The molecule has 1 spiro atoms. The maximum Gasteiger partial charge on any atom is 0.253 e. The van der Waals surface area contributed by atoms with Gasteiger partial charge in [0.05, 0.1) is 11.6 Å². The van der Waals surface area contributed by atoms with Gasteiger partial charge in [0.25, 0.3) is 5.91 Å². The van der Waals surface area contributed by atoms with Crippen molar-refractivity contribution in [3.8, 4) is 17.2 Å². The molecular formula is C23H25N3O. The molecule has 27 heavy (non-hydrogen) atoms. The van der Waals surface area contributed by atoms with Gasteiger partial charge in [-0.2, -0.15) is 5.26 Å². The highest BCUT2D eigenvalue weighted by atomic mass is 16.2. The van der Waals surface area contributed by atoms with Crippen LogP contribution in [0.1, 0.15) is 35.2 Å². The van der Waals surface area contributed by atoms with Crippen LogP contribution in [-0.2, 0) is 0 Å². The Bertz CT molecular complexity index is 879. The largest absolute Gasteiger partial charge is 0.338 e. The van der Waals surface area contributed by atoms with E-state index in [2.05, 4.69) is 18.0 Å². The van der Waals surface area contributed by atoms with Crippen LogP contribution in [0.4, 0.5) is 0 Å². The lowest BCUT2D eigenvalue weighted by Crippen LogP contribution is -2.47. The Labute approximate surface area is 161 Å². The average Bonchev–Trinajstić information content (AvgIpc) is 3.07. The molecule has 2 aromatic carbocycles. The van der Waals surface area contributed by atoms with Crippen molar-refractivity contribution in [2.75, 3.05) is 33.2 Å². The quantitative estimate of drug-likeness (QED) is 0.820. The fourth-order valence-corrected chi connectivity index (χ4v) is 4.63. The van der Waals surface area contributed by atoms with Crippen LogP contribution < -0.4 is 0 Å². The highest BCUT2D eigenvalue weighted by Crippen LogP contribution is 2.38. The number of hydrogen-bond donors (Lipinski definition) is 0. The second kappa shape index (κ2) is 7.17. The van der Waals surface area contributed by atoms with Crippen molar-refractivity contribution in [2.45, 2.75) is 19.3 Å². The Balaban J connectivity index is 1.50. The monoisotopic (exact) mass is 359 g/mol. The standard InChI is InChI=1S/C23H25N3O/c1-25-13-11-23(16-25)10-3-12-26(17-23)22(27)20-8-6-19(7-9-20)21-5-2-4-18(14-21)15-24/h2,4-9,14H,3,10-13,16-17H2,1H3/t23-/m0/s1. The number of piperidine rings is 1. The fourth-order valence-electron chi connectivity index (χ4n) is 4.63. The molecule has 2 aliphatic heterocycles. The minimum absolute atomic E-state index is 0.140. The molecule has 4 nitrogen and oxygen atoms in total. The van der Waals surface area contributed by atoms with Crippen molar-refractivity contribution in [2.24, 2.45) is 5.41 Å². The van der Waals surface area contributed by atoms with E-state index < -0.39 is 0 Å². The lowest BCUT2D eigenvalue weighted by molar-refractivity contribution is 0.0534. The topological polar surface area (TPSA) is 47.3 Å². The minimum atomic E-state index is 0.140. The summed E-state index contributed by atoms with van der Waals surface area (Å²) < 4.78 is 0. The number of nitriles is 1. The zero-order chi connectivity index (χ0) is 18.9. The van der Waals surface area contributed by atoms with E-state index in [1.54, 1.807) is 6.07 Å². The van der Waals surface area contributed by atoms with Gasteiger partial charge in [0, 0.05) is 30.6 Å². The number of carbonyl (C=O) groups excluding carboxylic acids is 1. The van der Waals surface area contributed by atoms with Gasteiger partial charge in [-0.1, -0.05) is 24.3 Å². The van der Waals surface area contributed by atoms with Crippen LogP contribution in [0.15, 0.2) is 48.5 Å². The normalized spacial score (nSPS) is 22.7. The SMILES string of the molecule is CN1CC[C@@]2(CCCN(C(=O)c3ccc(-c4cccc(C#N)c4)cc3)C2)C1. The number of likely N-dealkylation sites (tertiary alicyclic amines) is 2. The molecule has 4 rings (SSSR count). The Morgan fingerprint density at radius 1 is 1.04 bits per heavy atom. The summed E-state index contributed by atoms with van der Waals surface area (Å²) in [6.45, 7) is 3.97. The number of nitrogens with zero attached hydrogens (tertiary/aromatic N) is 3. The maximum absolute atomic E-state index is 13.0. The molecule has 0 N–H and O–H groups in total. The smallest absolute Gasteiger partial charge is 0.253 e. The van der Waals surface area contributed by atoms with Crippen LogP contribution in [0.3, 0.4) is 0 Å². The zero-order valence-electron chi connectivity index (χ0n) is 15.8. The van der Waals surface area contributed by atoms with E-state index in [-0.39, 0.29) is 5.91 Å². The molecule has 0 bridgehead atoms. The van der Waals surface area contributed by atoms with Crippen molar-refractivity contribution in [3.63, 3.8) is 0 Å². The Kier molecular flexibility index (Phi) is 4.72. The molecule has 2 fully saturated rings. The van der Waals surface area contributed by atoms with Crippen LogP contribution in [0.5, 0.6) is 0 Å². The molecule has 2 heterocycles. The molecule has 2 saturated heterocycles. The van der Waals surface area contributed by atoms with Gasteiger partial charge in [0.2, 0.25) is 0 Å². The maximum atomic E-state index is 13.0. The predicted octanol–water partition coefficient (Wildman–Crippen LogP) is 3.78. The summed E-state index contributed by atoms with van der Waals surface area (Å²) in [4.78, 5) is 17.5. The molecule has 0 radical (unpaired) electrons. The molecule has 4 heteroatoms. The fraction of sp³-hybridized carbons (Fsp3) is 0.391. The van der Waals surface area contributed by atoms with Crippen molar-refractivity contribution in [3.05, 3.63) is 59.7 Å². The second-order valence-corrected chi connectivity index (χ2v) is 8.09. The molecule has 1 atom stereocenters. The third-order valence-corrected chi connectivity index (χ3v) is 6.03. The van der Waals surface area contributed by atoms with Gasteiger partial charge in [-0.15, -0.1) is 0 Å².